The number of carbonyl (C=O) groups is 1. The van der Waals surface area contributed by atoms with Gasteiger partial charge < -0.3 is 14.5 Å². The lowest BCUT2D eigenvalue weighted by molar-refractivity contribution is 0.146. The van der Waals surface area contributed by atoms with E-state index >= 15 is 0 Å². The Kier molecular flexibility index (Phi) is 6.34. The molecule has 10 heteroatoms. The zero-order chi connectivity index (χ0) is 22.9. The first kappa shape index (κ1) is 22.5. The maximum atomic E-state index is 14.5. The first-order valence-electron chi connectivity index (χ1n) is 10.4. The average molecular weight is 466 g/mol. The highest BCUT2D eigenvalue weighted by Gasteiger charge is 2.40. The van der Waals surface area contributed by atoms with Crippen LogP contribution in [-0.2, 0) is 16.4 Å². The van der Waals surface area contributed by atoms with Crippen molar-refractivity contribution in [2.75, 3.05) is 32.8 Å². The number of hydrogen-bond acceptors (Lipinski definition) is 4. The largest absolute Gasteiger partial charge is 0.488 e. The van der Waals surface area contributed by atoms with E-state index in [4.69, 9.17) is 4.74 Å². The van der Waals surface area contributed by atoms with Crippen molar-refractivity contribution in [3.05, 3.63) is 53.8 Å². The number of rotatable bonds is 3. The van der Waals surface area contributed by atoms with Crippen molar-refractivity contribution in [1.82, 2.24) is 14.5 Å². The van der Waals surface area contributed by atoms with Crippen LogP contribution in [0.5, 0.6) is 5.75 Å². The molecular formula is C22H25F2N3O4S. The number of sulfonamides is 1. The second-order valence-corrected chi connectivity index (χ2v) is 9.75. The highest BCUT2D eigenvalue weighted by Crippen LogP contribution is 2.34. The number of amides is 2. The third-order valence-corrected chi connectivity index (χ3v) is 6.86. The summed E-state index contributed by atoms with van der Waals surface area (Å²) in [6, 6.07) is 9.23. The Hall–Kier alpha value is -2.72. The molecule has 2 aromatic rings. The van der Waals surface area contributed by atoms with Gasteiger partial charge in [-0.1, -0.05) is 36.4 Å². The molecule has 32 heavy (non-hydrogen) atoms. The lowest BCUT2D eigenvalue weighted by Gasteiger charge is -2.32. The number of urea groups is 1. The summed E-state index contributed by atoms with van der Waals surface area (Å²) < 4.78 is 59.4. The number of alkyl halides is 1. The van der Waals surface area contributed by atoms with Gasteiger partial charge in [0.25, 0.3) is 0 Å². The SMILES string of the molecule is CN1CCOc2c(F)cccc2-c2cccc(c2)CC2C(NS(=O)(=O)CF)CCN2C1=O. The van der Waals surface area contributed by atoms with Gasteiger partial charge in [0.2, 0.25) is 16.0 Å². The molecule has 0 aromatic heterocycles. The lowest BCUT2D eigenvalue weighted by atomic mass is 9.96. The number of halogens is 2. The zero-order valence-electron chi connectivity index (χ0n) is 17.6. The van der Waals surface area contributed by atoms with Crippen LogP contribution < -0.4 is 9.46 Å². The van der Waals surface area contributed by atoms with Crippen LogP contribution in [-0.4, -0.2) is 69.1 Å². The molecule has 2 heterocycles. The van der Waals surface area contributed by atoms with Gasteiger partial charge in [-0.05, 0) is 30.0 Å². The number of carbonyl (C=O) groups excluding carboxylic acids is 1. The van der Waals surface area contributed by atoms with Crippen LogP contribution in [0.15, 0.2) is 42.5 Å². The molecule has 1 saturated heterocycles. The minimum atomic E-state index is -4.09. The second kappa shape index (κ2) is 9.03. The minimum Gasteiger partial charge on any atom is -0.488 e. The molecule has 2 aromatic carbocycles. The summed E-state index contributed by atoms with van der Waals surface area (Å²) in [4.78, 5) is 16.2. The smallest absolute Gasteiger partial charge is 0.320 e. The summed E-state index contributed by atoms with van der Waals surface area (Å²) in [5.74, 6) is -0.364. The third-order valence-electron chi connectivity index (χ3n) is 5.92. The van der Waals surface area contributed by atoms with E-state index in [1.165, 1.54) is 11.0 Å². The predicted octanol–water partition coefficient (Wildman–Crippen LogP) is 2.77. The van der Waals surface area contributed by atoms with Crippen LogP contribution in [0.4, 0.5) is 13.6 Å². The van der Waals surface area contributed by atoms with Crippen molar-refractivity contribution in [3.63, 3.8) is 0 Å². The van der Waals surface area contributed by atoms with Crippen LogP contribution in [0.3, 0.4) is 0 Å². The zero-order valence-corrected chi connectivity index (χ0v) is 18.4. The molecule has 1 N–H and O–H groups in total. The fraction of sp³-hybridized carbons (Fsp3) is 0.409. The third kappa shape index (κ3) is 4.56. The molecule has 172 valence electrons. The Balaban J connectivity index is 1.75. The molecule has 2 bridgehead atoms. The van der Waals surface area contributed by atoms with Crippen LogP contribution in [0.2, 0.25) is 0 Å². The van der Waals surface area contributed by atoms with Crippen LogP contribution in [0, 0.1) is 5.82 Å². The van der Waals surface area contributed by atoms with Crippen molar-refractivity contribution in [2.24, 2.45) is 0 Å². The molecule has 0 saturated carbocycles. The van der Waals surface area contributed by atoms with Gasteiger partial charge in [-0.2, -0.15) is 0 Å². The summed E-state index contributed by atoms with van der Waals surface area (Å²) in [7, 11) is -2.47. The number of benzene rings is 2. The molecule has 1 fully saturated rings. The summed E-state index contributed by atoms with van der Waals surface area (Å²) in [5.41, 5.74) is 2.19. The number of fused-ring (bicyclic) bond motifs is 5. The molecule has 2 aliphatic heterocycles. The summed E-state index contributed by atoms with van der Waals surface area (Å²) in [5, 5.41) is 0. The molecule has 0 aliphatic carbocycles. The highest BCUT2D eigenvalue weighted by molar-refractivity contribution is 7.89. The Morgan fingerprint density at radius 3 is 2.75 bits per heavy atom. The van der Waals surface area contributed by atoms with E-state index in [1.54, 1.807) is 24.1 Å². The average Bonchev–Trinajstić information content (AvgIpc) is 3.15. The molecule has 2 amide bonds. The number of likely N-dealkylation sites (N-methyl/N-ethyl adjacent to an activating group) is 1. The molecule has 2 aliphatic rings. The maximum absolute atomic E-state index is 14.5. The van der Waals surface area contributed by atoms with Gasteiger partial charge in [-0.3, -0.25) is 0 Å². The van der Waals surface area contributed by atoms with Crippen molar-refractivity contribution in [3.8, 4) is 16.9 Å². The summed E-state index contributed by atoms with van der Waals surface area (Å²) in [6.45, 7) is 0.642. The van der Waals surface area contributed by atoms with Gasteiger partial charge in [-0.25, -0.2) is 26.7 Å². The molecule has 0 spiro atoms. The molecular weight excluding hydrogens is 440 g/mol. The molecule has 0 radical (unpaired) electrons. The monoisotopic (exact) mass is 465 g/mol. The van der Waals surface area contributed by atoms with Crippen molar-refractivity contribution >= 4 is 16.1 Å². The van der Waals surface area contributed by atoms with Crippen molar-refractivity contribution in [2.45, 2.75) is 24.9 Å². The highest BCUT2D eigenvalue weighted by atomic mass is 32.2. The van der Waals surface area contributed by atoms with Gasteiger partial charge >= 0.3 is 6.03 Å². The summed E-state index contributed by atoms with van der Waals surface area (Å²) in [6.07, 6.45) is 0.742. The number of hydrogen-bond donors (Lipinski definition) is 1. The van der Waals surface area contributed by atoms with Crippen molar-refractivity contribution < 1.29 is 26.7 Å². The number of para-hydroxylation sites is 1. The van der Waals surface area contributed by atoms with Gasteiger partial charge in [0.15, 0.2) is 11.6 Å². The Bertz CT molecular complexity index is 1110. The molecule has 2 unspecified atom stereocenters. The minimum absolute atomic E-state index is 0.0896. The molecule has 7 nitrogen and oxygen atoms in total. The number of ether oxygens (including phenoxy) is 1. The first-order valence-corrected chi connectivity index (χ1v) is 12.0. The van der Waals surface area contributed by atoms with E-state index in [9.17, 15) is 22.0 Å². The number of nitrogens with zero attached hydrogens (tertiary/aromatic N) is 2. The van der Waals surface area contributed by atoms with Gasteiger partial charge in [0, 0.05) is 25.2 Å². The Labute approximate surface area is 186 Å². The normalized spacial score (nSPS) is 21.7. The van der Waals surface area contributed by atoms with E-state index in [0.29, 0.717) is 24.9 Å². The van der Waals surface area contributed by atoms with E-state index < -0.39 is 33.9 Å². The topological polar surface area (TPSA) is 79.0 Å². The van der Waals surface area contributed by atoms with E-state index in [1.807, 2.05) is 24.3 Å². The fourth-order valence-electron chi connectivity index (χ4n) is 4.33. The van der Waals surface area contributed by atoms with Gasteiger partial charge in [-0.15, -0.1) is 0 Å². The van der Waals surface area contributed by atoms with Crippen LogP contribution >= 0.6 is 0 Å². The maximum Gasteiger partial charge on any atom is 0.320 e. The first-order chi connectivity index (χ1) is 15.3. The second-order valence-electron chi connectivity index (χ2n) is 8.07. The van der Waals surface area contributed by atoms with E-state index in [2.05, 4.69) is 4.72 Å². The number of nitrogens with one attached hydrogen (secondary N) is 1. The van der Waals surface area contributed by atoms with E-state index in [-0.39, 0.29) is 24.9 Å². The summed E-state index contributed by atoms with van der Waals surface area (Å²) >= 11 is 0. The van der Waals surface area contributed by atoms with E-state index in [0.717, 1.165) is 11.1 Å². The van der Waals surface area contributed by atoms with Gasteiger partial charge in [0.05, 0.1) is 12.6 Å². The van der Waals surface area contributed by atoms with Gasteiger partial charge in [0.1, 0.15) is 6.61 Å². The standard InChI is InChI=1S/C22H25F2N3O4S/c1-26-10-11-31-21-17(6-3-7-18(21)24)16-5-2-4-15(12-16)13-20-19(25-32(29,30)14-23)8-9-27(20)22(26)28/h2-7,12,19-20,25H,8-11,13-14H2,1H3. The quantitative estimate of drug-likeness (QED) is 0.756. The predicted molar refractivity (Wildman–Crippen MR) is 116 cm³/mol. The van der Waals surface area contributed by atoms with Crippen molar-refractivity contribution in [1.29, 1.82) is 0 Å². The molecule has 4 rings (SSSR count). The Morgan fingerprint density at radius 1 is 1.19 bits per heavy atom. The molecule has 2 atom stereocenters. The lowest BCUT2D eigenvalue weighted by Crippen LogP contribution is -2.51. The van der Waals surface area contributed by atoms with Crippen LogP contribution in [0.25, 0.3) is 11.1 Å². The van der Waals surface area contributed by atoms with Crippen LogP contribution in [0.1, 0.15) is 12.0 Å². The Morgan fingerprint density at radius 2 is 1.97 bits per heavy atom. The fourth-order valence-corrected chi connectivity index (χ4v) is 5.13.